The van der Waals surface area contributed by atoms with Crippen LogP contribution in [0.2, 0.25) is 0 Å². The van der Waals surface area contributed by atoms with E-state index in [1.165, 1.54) is 12.1 Å². The second kappa shape index (κ2) is 7.39. The molecule has 0 radical (unpaired) electrons. The Balaban J connectivity index is 1.74. The molecule has 4 heteroatoms. The lowest BCUT2D eigenvalue weighted by atomic mass is 9.96. The molecule has 0 unspecified atom stereocenters. The van der Waals surface area contributed by atoms with Crippen molar-refractivity contribution in [3.8, 4) is 0 Å². The molecular weight excluding hydrogens is 255 g/mol. The maximum absolute atomic E-state index is 12.8. The van der Waals surface area contributed by atoms with Crippen molar-refractivity contribution < 1.29 is 9.18 Å². The average Bonchev–Trinajstić information content (AvgIpc) is 2.47. The van der Waals surface area contributed by atoms with E-state index >= 15 is 0 Å². The van der Waals surface area contributed by atoms with Crippen molar-refractivity contribution >= 4 is 5.91 Å². The number of carbonyl (C=O) groups excluding carboxylic acids is 1. The van der Waals surface area contributed by atoms with Crippen molar-refractivity contribution in [2.45, 2.75) is 25.7 Å². The zero-order chi connectivity index (χ0) is 14.4. The molecule has 1 saturated heterocycles. The Labute approximate surface area is 120 Å². The molecule has 1 aromatic carbocycles. The maximum atomic E-state index is 12.8. The molecule has 1 heterocycles. The first-order valence-corrected chi connectivity index (χ1v) is 7.36. The van der Waals surface area contributed by atoms with Crippen LogP contribution in [0.15, 0.2) is 24.3 Å². The largest absolute Gasteiger partial charge is 0.343 e. The van der Waals surface area contributed by atoms with Gasteiger partial charge in [-0.3, -0.25) is 4.79 Å². The molecule has 0 atom stereocenters. The molecular formula is C16H23FN2O. The number of hydrogen-bond donors (Lipinski definition) is 1. The molecule has 1 aliphatic rings. The van der Waals surface area contributed by atoms with Gasteiger partial charge in [0.25, 0.3) is 0 Å². The summed E-state index contributed by atoms with van der Waals surface area (Å²) in [6.45, 7) is 2.78. The van der Waals surface area contributed by atoms with Crippen molar-refractivity contribution in [3.63, 3.8) is 0 Å². The summed E-state index contributed by atoms with van der Waals surface area (Å²) in [6, 6.07) is 6.40. The summed E-state index contributed by atoms with van der Waals surface area (Å²) in [5.41, 5.74) is 1.02. The van der Waals surface area contributed by atoms with Gasteiger partial charge in [-0.1, -0.05) is 12.1 Å². The van der Waals surface area contributed by atoms with Gasteiger partial charge >= 0.3 is 0 Å². The fourth-order valence-electron chi connectivity index (χ4n) is 2.74. The van der Waals surface area contributed by atoms with E-state index in [0.717, 1.165) is 38.0 Å². The van der Waals surface area contributed by atoms with Gasteiger partial charge < -0.3 is 10.2 Å². The molecule has 2 rings (SSSR count). The van der Waals surface area contributed by atoms with Gasteiger partial charge in [0.2, 0.25) is 5.91 Å². The van der Waals surface area contributed by atoms with Crippen LogP contribution in [0.5, 0.6) is 0 Å². The zero-order valence-electron chi connectivity index (χ0n) is 12.1. The van der Waals surface area contributed by atoms with Crippen molar-refractivity contribution in [2.24, 2.45) is 5.92 Å². The summed E-state index contributed by atoms with van der Waals surface area (Å²) in [6.07, 6.45) is 3.38. The second-order valence-corrected chi connectivity index (χ2v) is 5.51. The number of piperidine rings is 1. The zero-order valence-corrected chi connectivity index (χ0v) is 12.1. The maximum Gasteiger partial charge on any atom is 0.222 e. The molecule has 0 spiro atoms. The molecule has 0 aliphatic carbocycles. The van der Waals surface area contributed by atoms with E-state index in [0.29, 0.717) is 18.8 Å². The summed E-state index contributed by atoms with van der Waals surface area (Å²) in [5, 5.41) is 3.20. The number of hydrogen-bond acceptors (Lipinski definition) is 2. The number of benzene rings is 1. The number of carbonyl (C=O) groups is 1. The first-order valence-electron chi connectivity index (χ1n) is 7.36. The van der Waals surface area contributed by atoms with Gasteiger partial charge in [-0.2, -0.15) is 0 Å². The van der Waals surface area contributed by atoms with Crippen molar-refractivity contribution in [1.29, 1.82) is 0 Å². The molecule has 1 fully saturated rings. The predicted octanol–water partition coefficient (Wildman–Crippen LogP) is 2.22. The molecule has 1 amide bonds. The monoisotopic (exact) mass is 278 g/mol. The van der Waals surface area contributed by atoms with Crippen LogP contribution in [-0.4, -0.2) is 37.5 Å². The number of nitrogens with zero attached hydrogens (tertiary/aromatic N) is 1. The van der Waals surface area contributed by atoms with Crippen LogP contribution < -0.4 is 5.32 Å². The quantitative estimate of drug-likeness (QED) is 0.895. The van der Waals surface area contributed by atoms with Crippen molar-refractivity contribution in [2.75, 3.05) is 26.7 Å². The number of aryl methyl sites for hydroxylation is 1. The fraction of sp³-hybridized carbons (Fsp3) is 0.562. The molecule has 0 aromatic heterocycles. The Bertz CT molecular complexity index is 425. The lowest BCUT2D eigenvalue weighted by Gasteiger charge is -2.32. The van der Waals surface area contributed by atoms with Crippen LogP contribution >= 0.6 is 0 Å². The fourth-order valence-corrected chi connectivity index (χ4v) is 2.74. The molecule has 20 heavy (non-hydrogen) atoms. The average molecular weight is 278 g/mol. The van der Waals surface area contributed by atoms with E-state index < -0.39 is 0 Å². The molecule has 110 valence electrons. The summed E-state index contributed by atoms with van der Waals surface area (Å²) in [4.78, 5) is 14.1. The Morgan fingerprint density at radius 1 is 1.30 bits per heavy atom. The molecule has 1 aliphatic heterocycles. The molecule has 0 bridgehead atoms. The first-order chi connectivity index (χ1) is 9.69. The summed E-state index contributed by atoms with van der Waals surface area (Å²) >= 11 is 0. The van der Waals surface area contributed by atoms with E-state index in [9.17, 15) is 9.18 Å². The van der Waals surface area contributed by atoms with Crippen LogP contribution in [0.1, 0.15) is 24.8 Å². The second-order valence-electron chi connectivity index (χ2n) is 5.51. The van der Waals surface area contributed by atoms with Gasteiger partial charge in [0.05, 0.1) is 0 Å². The summed E-state index contributed by atoms with van der Waals surface area (Å²) < 4.78 is 12.8. The van der Waals surface area contributed by atoms with Crippen LogP contribution in [0, 0.1) is 11.7 Å². The number of nitrogens with one attached hydrogen (secondary N) is 1. The van der Waals surface area contributed by atoms with Crippen LogP contribution in [0.25, 0.3) is 0 Å². The van der Waals surface area contributed by atoms with Crippen molar-refractivity contribution in [3.05, 3.63) is 35.6 Å². The summed E-state index contributed by atoms with van der Waals surface area (Å²) in [5.74, 6) is 0.685. The molecule has 3 nitrogen and oxygen atoms in total. The first kappa shape index (κ1) is 15.0. The van der Waals surface area contributed by atoms with Gasteiger partial charge in [-0.05, 0) is 56.5 Å². The van der Waals surface area contributed by atoms with E-state index in [1.807, 2.05) is 11.9 Å². The number of likely N-dealkylation sites (tertiary alicyclic amines) is 1. The number of halogens is 1. The summed E-state index contributed by atoms with van der Waals surface area (Å²) in [7, 11) is 1.97. The SMILES string of the molecule is CNCC1CCN(C(=O)CCc2ccc(F)cc2)CC1. The topological polar surface area (TPSA) is 32.3 Å². The predicted molar refractivity (Wildman–Crippen MR) is 78.0 cm³/mol. The minimum atomic E-state index is -0.230. The van der Waals surface area contributed by atoms with Crippen LogP contribution in [-0.2, 0) is 11.2 Å². The Kier molecular flexibility index (Phi) is 5.53. The third-order valence-electron chi connectivity index (χ3n) is 4.00. The highest BCUT2D eigenvalue weighted by Gasteiger charge is 2.21. The molecule has 1 N–H and O–H groups in total. The minimum absolute atomic E-state index is 0.220. The normalized spacial score (nSPS) is 16.4. The van der Waals surface area contributed by atoms with E-state index in [4.69, 9.17) is 0 Å². The number of rotatable bonds is 5. The smallest absolute Gasteiger partial charge is 0.222 e. The van der Waals surface area contributed by atoms with Gasteiger partial charge in [-0.15, -0.1) is 0 Å². The highest BCUT2D eigenvalue weighted by Crippen LogP contribution is 2.17. The Hall–Kier alpha value is -1.42. The highest BCUT2D eigenvalue weighted by atomic mass is 19.1. The third-order valence-corrected chi connectivity index (χ3v) is 4.00. The third kappa shape index (κ3) is 4.30. The van der Waals surface area contributed by atoms with Gasteiger partial charge in [0.15, 0.2) is 0 Å². The van der Waals surface area contributed by atoms with E-state index in [2.05, 4.69) is 5.32 Å². The molecule has 0 saturated carbocycles. The van der Waals surface area contributed by atoms with Crippen LogP contribution in [0.4, 0.5) is 4.39 Å². The van der Waals surface area contributed by atoms with E-state index in [-0.39, 0.29) is 11.7 Å². The van der Waals surface area contributed by atoms with Gasteiger partial charge in [-0.25, -0.2) is 4.39 Å². The van der Waals surface area contributed by atoms with Gasteiger partial charge in [0, 0.05) is 19.5 Å². The standard InChI is InChI=1S/C16H23FN2O/c1-18-12-14-8-10-19(11-9-14)16(20)7-4-13-2-5-15(17)6-3-13/h2-3,5-6,14,18H,4,7-12H2,1H3. The highest BCUT2D eigenvalue weighted by molar-refractivity contribution is 5.76. The van der Waals surface area contributed by atoms with E-state index in [1.54, 1.807) is 12.1 Å². The Morgan fingerprint density at radius 3 is 2.55 bits per heavy atom. The molecule has 1 aromatic rings. The lowest BCUT2D eigenvalue weighted by Crippen LogP contribution is -2.40. The number of amides is 1. The minimum Gasteiger partial charge on any atom is -0.343 e. The van der Waals surface area contributed by atoms with Crippen LogP contribution in [0.3, 0.4) is 0 Å². The lowest BCUT2D eigenvalue weighted by molar-refractivity contribution is -0.132. The van der Waals surface area contributed by atoms with Crippen molar-refractivity contribution in [1.82, 2.24) is 10.2 Å². The van der Waals surface area contributed by atoms with Gasteiger partial charge in [0.1, 0.15) is 5.82 Å². The Morgan fingerprint density at radius 2 is 1.95 bits per heavy atom.